The second-order valence-corrected chi connectivity index (χ2v) is 3.95. The van der Waals surface area contributed by atoms with Crippen LogP contribution in [0.2, 0.25) is 0 Å². The summed E-state index contributed by atoms with van der Waals surface area (Å²) in [5.74, 6) is -2.04. The van der Waals surface area contributed by atoms with Gasteiger partial charge in [0.15, 0.2) is 12.1 Å². The van der Waals surface area contributed by atoms with E-state index in [0.717, 1.165) is 6.08 Å². The molecule has 1 amide bonds. The van der Waals surface area contributed by atoms with Gasteiger partial charge in [-0.25, -0.2) is 4.98 Å². The Hall–Kier alpha value is -2.34. The monoisotopic (exact) mass is 278 g/mol. The highest BCUT2D eigenvalue weighted by Gasteiger charge is 2.28. The van der Waals surface area contributed by atoms with E-state index in [1.54, 1.807) is 0 Å². The summed E-state index contributed by atoms with van der Waals surface area (Å²) in [4.78, 5) is 49.3. The zero-order valence-corrected chi connectivity index (χ0v) is 10.2. The third kappa shape index (κ3) is 2.43. The van der Waals surface area contributed by atoms with E-state index in [1.807, 2.05) is 0 Å². The van der Waals surface area contributed by atoms with Crippen molar-refractivity contribution >= 4 is 35.4 Å². The molecule has 0 radical (unpaired) electrons. The summed E-state index contributed by atoms with van der Waals surface area (Å²) in [6.07, 6.45) is 1.48. The number of pyridine rings is 1. The largest absolute Gasteiger partial charge is 0.322 e. The molecule has 1 aliphatic carbocycles. The molecule has 0 fully saturated rings. The van der Waals surface area contributed by atoms with Crippen molar-refractivity contribution in [3.05, 3.63) is 40.9 Å². The number of allylic oxidation sites excluding steroid dienone is 2. The lowest BCUT2D eigenvalue weighted by Crippen LogP contribution is -2.32. The fraction of sp³-hybridized carbons (Fsp3) is 0.0833. The maximum atomic E-state index is 12.0. The lowest BCUT2D eigenvalue weighted by Gasteiger charge is -2.14. The van der Waals surface area contributed by atoms with Crippen LogP contribution in [0.15, 0.2) is 23.9 Å². The molecule has 0 saturated heterocycles. The van der Waals surface area contributed by atoms with Gasteiger partial charge in [-0.15, -0.1) is 11.6 Å². The number of amides is 1. The number of alkyl halides is 1. The maximum absolute atomic E-state index is 12.0. The Bertz CT molecular complexity index is 637. The molecule has 1 aliphatic rings. The molecule has 0 atom stereocenters. The molecule has 0 spiro atoms. The minimum atomic E-state index is -0.628. The lowest BCUT2D eigenvalue weighted by atomic mass is 9.97. The fourth-order valence-electron chi connectivity index (χ4n) is 1.59. The quantitative estimate of drug-likeness (QED) is 0.642. The molecule has 6 nitrogen and oxygen atoms in total. The average molecular weight is 279 g/mol. The van der Waals surface area contributed by atoms with E-state index in [4.69, 9.17) is 11.6 Å². The summed E-state index contributed by atoms with van der Waals surface area (Å²) in [7, 11) is 0. The molecule has 96 valence electrons. The van der Waals surface area contributed by atoms with Crippen LogP contribution in [0.1, 0.15) is 31.3 Å². The van der Waals surface area contributed by atoms with Gasteiger partial charge >= 0.3 is 0 Å². The zero-order valence-electron chi connectivity index (χ0n) is 9.47. The third-order valence-electron chi connectivity index (χ3n) is 2.43. The Morgan fingerprint density at radius 2 is 2.11 bits per heavy atom. The second-order valence-electron chi connectivity index (χ2n) is 3.68. The van der Waals surface area contributed by atoms with E-state index in [0.29, 0.717) is 6.29 Å². The highest BCUT2D eigenvalue weighted by molar-refractivity contribution is 6.29. The van der Waals surface area contributed by atoms with E-state index in [-0.39, 0.29) is 28.5 Å². The Balaban J connectivity index is 2.44. The molecule has 1 aromatic heterocycles. The number of Topliss-reactive ketones (excluding diaryl/α,β-unsaturated/α-hetero) is 1. The van der Waals surface area contributed by atoms with Crippen molar-refractivity contribution in [2.24, 2.45) is 0 Å². The Morgan fingerprint density at radius 1 is 1.37 bits per heavy atom. The molecular formula is C12H7ClN2O4. The molecule has 19 heavy (non-hydrogen) atoms. The molecule has 2 rings (SSSR count). The Labute approximate surface area is 112 Å². The lowest BCUT2D eigenvalue weighted by molar-refractivity contribution is -0.117. The van der Waals surface area contributed by atoms with Gasteiger partial charge in [-0.3, -0.25) is 19.2 Å². The van der Waals surface area contributed by atoms with Crippen molar-refractivity contribution in [3.63, 3.8) is 0 Å². The summed E-state index contributed by atoms with van der Waals surface area (Å²) in [5.41, 5.74) is -0.218. The number of hydrogen-bond acceptors (Lipinski definition) is 5. The van der Waals surface area contributed by atoms with Crippen molar-refractivity contribution in [2.75, 3.05) is 5.88 Å². The summed E-state index contributed by atoms with van der Waals surface area (Å²) in [6.45, 7) is 0. The number of aromatic nitrogens is 1. The van der Waals surface area contributed by atoms with E-state index in [2.05, 4.69) is 10.3 Å². The van der Waals surface area contributed by atoms with Gasteiger partial charge in [0, 0.05) is 6.08 Å². The number of carbonyl (C=O) groups is 4. The summed E-state index contributed by atoms with van der Waals surface area (Å²) in [5, 5.41) is 2.22. The average Bonchev–Trinajstić information content (AvgIpc) is 2.43. The first-order chi connectivity index (χ1) is 9.06. The number of aldehydes is 1. The molecular weight excluding hydrogens is 272 g/mol. The van der Waals surface area contributed by atoms with Crippen LogP contribution >= 0.6 is 11.6 Å². The minimum absolute atomic E-state index is 0.0322. The number of hydrogen-bond donors (Lipinski definition) is 1. The van der Waals surface area contributed by atoms with E-state index >= 15 is 0 Å². The predicted molar refractivity (Wildman–Crippen MR) is 65.2 cm³/mol. The first kappa shape index (κ1) is 13.1. The van der Waals surface area contributed by atoms with E-state index in [9.17, 15) is 19.2 Å². The molecule has 0 bridgehead atoms. The van der Waals surface area contributed by atoms with Gasteiger partial charge in [-0.05, 0) is 12.1 Å². The first-order valence-corrected chi connectivity index (χ1v) is 5.73. The molecule has 1 heterocycles. The molecule has 0 unspecified atom stereocenters. The van der Waals surface area contributed by atoms with Gasteiger partial charge in [0.1, 0.15) is 17.3 Å². The molecule has 0 saturated carbocycles. The van der Waals surface area contributed by atoms with Crippen molar-refractivity contribution in [1.82, 2.24) is 10.3 Å². The van der Waals surface area contributed by atoms with Gasteiger partial charge in [0.2, 0.25) is 11.7 Å². The highest BCUT2D eigenvalue weighted by Crippen LogP contribution is 2.18. The summed E-state index contributed by atoms with van der Waals surface area (Å²) in [6, 6.07) is 2.69. The molecule has 0 aliphatic heterocycles. The van der Waals surface area contributed by atoms with Crippen molar-refractivity contribution in [2.45, 2.75) is 0 Å². The zero-order chi connectivity index (χ0) is 14.0. The number of rotatable bonds is 3. The number of ketones is 2. The Kier molecular flexibility index (Phi) is 3.52. The summed E-state index contributed by atoms with van der Waals surface area (Å²) < 4.78 is 0. The third-order valence-corrected chi connectivity index (χ3v) is 2.68. The van der Waals surface area contributed by atoms with Crippen LogP contribution < -0.4 is 5.32 Å². The van der Waals surface area contributed by atoms with Gasteiger partial charge in [0.05, 0.1) is 11.3 Å². The van der Waals surface area contributed by atoms with E-state index in [1.165, 1.54) is 12.1 Å². The van der Waals surface area contributed by atoms with Crippen LogP contribution in [-0.4, -0.2) is 34.6 Å². The standard InChI is InChI=1S/C12H7ClN2O4/c13-4-10(18)15-8-3-9(17)7-2-1-6(5-16)14-11(7)12(8)19/h1-3,5H,4H2,(H,15,18). The first-order valence-electron chi connectivity index (χ1n) is 5.19. The van der Waals surface area contributed by atoms with E-state index < -0.39 is 17.5 Å². The number of fused-ring (bicyclic) bond motifs is 1. The van der Waals surface area contributed by atoms with Gasteiger partial charge in [-0.2, -0.15) is 0 Å². The smallest absolute Gasteiger partial charge is 0.239 e. The SMILES string of the molecule is O=Cc1ccc2c(n1)C(=O)C(NC(=O)CCl)=CC2=O. The van der Waals surface area contributed by atoms with Gasteiger partial charge in [0.25, 0.3) is 0 Å². The maximum Gasteiger partial charge on any atom is 0.239 e. The predicted octanol–water partition coefficient (Wildman–Crippen LogP) is 0.512. The summed E-state index contributed by atoms with van der Waals surface area (Å²) >= 11 is 5.31. The Morgan fingerprint density at radius 3 is 2.74 bits per heavy atom. The van der Waals surface area contributed by atoms with Crippen LogP contribution in [0, 0.1) is 0 Å². The van der Waals surface area contributed by atoms with Crippen molar-refractivity contribution in [1.29, 1.82) is 0 Å². The number of nitrogens with one attached hydrogen (secondary N) is 1. The second kappa shape index (κ2) is 5.11. The topological polar surface area (TPSA) is 93.2 Å². The molecule has 1 aromatic rings. The number of nitrogens with zero attached hydrogens (tertiary/aromatic N) is 1. The van der Waals surface area contributed by atoms with Crippen molar-refractivity contribution < 1.29 is 19.2 Å². The van der Waals surface area contributed by atoms with Gasteiger partial charge in [-0.1, -0.05) is 0 Å². The van der Waals surface area contributed by atoms with Gasteiger partial charge < -0.3 is 5.32 Å². The fourth-order valence-corrected chi connectivity index (χ4v) is 1.66. The highest BCUT2D eigenvalue weighted by atomic mass is 35.5. The van der Waals surface area contributed by atoms with Crippen molar-refractivity contribution in [3.8, 4) is 0 Å². The van der Waals surface area contributed by atoms with Crippen LogP contribution in [0.3, 0.4) is 0 Å². The van der Waals surface area contributed by atoms with Crippen LogP contribution in [0.4, 0.5) is 0 Å². The van der Waals surface area contributed by atoms with Crippen LogP contribution in [0.25, 0.3) is 0 Å². The molecule has 0 aromatic carbocycles. The van der Waals surface area contributed by atoms with Crippen LogP contribution in [0.5, 0.6) is 0 Å². The normalized spacial score (nSPS) is 13.6. The minimum Gasteiger partial charge on any atom is -0.322 e. The number of carbonyl (C=O) groups excluding carboxylic acids is 4. The molecule has 1 N–H and O–H groups in total. The van der Waals surface area contributed by atoms with Crippen LogP contribution in [-0.2, 0) is 4.79 Å². The molecule has 7 heteroatoms. The number of halogens is 1.